The third-order valence-corrected chi connectivity index (χ3v) is 4.32. The number of nitrogens with one attached hydrogen (secondary N) is 1. The van der Waals surface area contributed by atoms with Crippen molar-refractivity contribution in [3.05, 3.63) is 35.9 Å². The molecule has 0 aliphatic carbocycles. The molecule has 1 rings (SSSR count). The molecule has 1 aromatic rings. The summed E-state index contributed by atoms with van der Waals surface area (Å²) >= 11 is 0. The van der Waals surface area contributed by atoms with Gasteiger partial charge in [0.25, 0.3) is 0 Å². The van der Waals surface area contributed by atoms with E-state index >= 15 is 0 Å². The lowest BCUT2D eigenvalue weighted by Gasteiger charge is -2.41. The fourth-order valence-corrected chi connectivity index (χ4v) is 3.28. The van der Waals surface area contributed by atoms with Crippen molar-refractivity contribution in [3.8, 4) is 0 Å². The van der Waals surface area contributed by atoms with E-state index in [-0.39, 0.29) is 17.7 Å². The van der Waals surface area contributed by atoms with Crippen molar-refractivity contribution in [1.82, 2.24) is 10.2 Å². The molecule has 0 spiro atoms. The van der Waals surface area contributed by atoms with Gasteiger partial charge >= 0.3 is 0 Å². The van der Waals surface area contributed by atoms with Crippen molar-refractivity contribution in [2.75, 3.05) is 0 Å². The number of hydrogen-bond acceptors (Lipinski definition) is 3. The summed E-state index contributed by atoms with van der Waals surface area (Å²) < 4.78 is 0. The van der Waals surface area contributed by atoms with Crippen molar-refractivity contribution in [3.63, 3.8) is 0 Å². The maximum Gasteiger partial charge on any atom is 0.243 e. The van der Waals surface area contributed by atoms with E-state index in [0.29, 0.717) is 12.8 Å². The Kier molecular flexibility index (Phi) is 8.00. The zero-order valence-electron chi connectivity index (χ0n) is 17.3. The summed E-state index contributed by atoms with van der Waals surface area (Å²) in [5, 5.41) is 2.77. The fraction of sp³-hybridized carbons (Fsp3) is 0.571. The van der Waals surface area contributed by atoms with Gasteiger partial charge in [0.2, 0.25) is 17.7 Å². The first-order chi connectivity index (χ1) is 12.4. The van der Waals surface area contributed by atoms with Crippen LogP contribution < -0.4 is 11.1 Å². The van der Waals surface area contributed by atoms with Crippen LogP contribution in [0.25, 0.3) is 0 Å². The molecular formula is C21H33N3O3. The predicted molar refractivity (Wildman–Crippen MR) is 107 cm³/mol. The highest BCUT2D eigenvalue weighted by atomic mass is 16.2. The van der Waals surface area contributed by atoms with Crippen LogP contribution in [0.2, 0.25) is 0 Å². The second-order valence-electron chi connectivity index (χ2n) is 8.36. The van der Waals surface area contributed by atoms with Crippen molar-refractivity contribution in [2.24, 2.45) is 11.7 Å². The van der Waals surface area contributed by atoms with E-state index in [9.17, 15) is 14.4 Å². The Labute approximate surface area is 162 Å². The van der Waals surface area contributed by atoms with Crippen molar-refractivity contribution in [1.29, 1.82) is 0 Å². The Morgan fingerprint density at radius 3 is 2.07 bits per heavy atom. The average molecular weight is 376 g/mol. The standard InChI is InChI=1S/C21H33N3O3/c1-14(2)12-17(19(22)26)23-20(27)18(13-16-10-8-7-9-11-16)24(15(3)25)21(4,5)6/h7-11,14,17-18H,12-13H2,1-6H3,(H2,22,26)(H,23,27)/t17-,18-/m0/s1. The van der Waals surface area contributed by atoms with Gasteiger partial charge in [0.1, 0.15) is 12.1 Å². The minimum Gasteiger partial charge on any atom is -0.368 e. The topological polar surface area (TPSA) is 92.5 Å². The van der Waals surface area contributed by atoms with Crippen LogP contribution in [0.1, 0.15) is 53.5 Å². The molecule has 3 N–H and O–H groups in total. The molecule has 2 atom stereocenters. The molecule has 0 saturated carbocycles. The second-order valence-corrected chi connectivity index (χ2v) is 8.36. The Morgan fingerprint density at radius 2 is 1.67 bits per heavy atom. The number of nitrogens with two attached hydrogens (primary N) is 1. The third-order valence-electron chi connectivity index (χ3n) is 4.32. The number of hydrogen-bond donors (Lipinski definition) is 2. The van der Waals surface area contributed by atoms with E-state index in [1.165, 1.54) is 6.92 Å². The Hall–Kier alpha value is -2.37. The van der Waals surface area contributed by atoms with Crippen LogP contribution in [-0.4, -0.2) is 40.2 Å². The summed E-state index contributed by atoms with van der Waals surface area (Å²) in [5.41, 5.74) is 5.86. The van der Waals surface area contributed by atoms with Crippen LogP contribution in [-0.2, 0) is 20.8 Å². The number of carbonyl (C=O) groups is 3. The van der Waals surface area contributed by atoms with Gasteiger partial charge in [0, 0.05) is 18.9 Å². The summed E-state index contributed by atoms with van der Waals surface area (Å²) in [7, 11) is 0. The van der Waals surface area contributed by atoms with E-state index < -0.39 is 23.5 Å². The van der Waals surface area contributed by atoms with Crippen molar-refractivity contribution in [2.45, 2.75) is 72.0 Å². The highest BCUT2D eigenvalue weighted by Gasteiger charge is 2.37. The number of amides is 3. The molecule has 0 aliphatic rings. The molecular weight excluding hydrogens is 342 g/mol. The normalized spacial score (nSPS) is 13.7. The molecule has 0 saturated heterocycles. The molecule has 1 aromatic carbocycles. The van der Waals surface area contributed by atoms with Crippen LogP contribution in [0.3, 0.4) is 0 Å². The molecule has 0 aromatic heterocycles. The van der Waals surface area contributed by atoms with E-state index in [2.05, 4.69) is 5.32 Å². The maximum absolute atomic E-state index is 13.1. The minimum atomic E-state index is -0.760. The summed E-state index contributed by atoms with van der Waals surface area (Å²) in [5.74, 6) is -0.936. The number of nitrogens with zero attached hydrogens (tertiary/aromatic N) is 1. The van der Waals surface area contributed by atoms with Gasteiger partial charge < -0.3 is 16.0 Å². The van der Waals surface area contributed by atoms with Gasteiger partial charge in [-0.2, -0.15) is 0 Å². The zero-order valence-corrected chi connectivity index (χ0v) is 17.3. The SMILES string of the molecule is CC(=O)N([C@@H](Cc1ccccc1)C(=O)N[C@@H](CC(C)C)C(N)=O)C(C)(C)C. The Bertz CT molecular complexity index is 650. The molecule has 0 bridgehead atoms. The predicted octanol–water partition coefficient (Wildman–Crippen LogP) is 2.26. The summed E-state index contributed by atoms with van der Waals surface area (Å²) in [6, 6.07) is 8.02. The van der Waals surface area contributed by atoms with E-state index in [0.717, 1.165) is 5.56 Å². The number of primary amides is 1. The molecule has 0 unspecified atom stereocenters. The van der Waals surface area contributed by atoms with Crippen molar-refractivity contribution < 1.29 is 14.4 Å². The molecule has 0 fully saturated rings. The third kappa shape index (κ3) is 7.04. The smallest absolute Gasteiger partial charge is 0.243 e. The lowest BCUT2D eigenvalue weighted by Crippen LogP contribution is -2.59. The van der Waals surface area contributed by atoms with Crippen molar-refractivity contribution >= 4 is 17.7 Å². The van der Waals surface area contributed by atoms with Crippen LogP contribution in [0, 0.1) is 5.92 Å². The van der Waals surface area contributed by atoms with Gasteiger partial charge in [0.05, 0.1) is 0 Å². The molecule has 6 heteroatoms. The van der Waals surface area contributed by atoms with E-state index in [4.69, 9.17) is 5.73 Å². The van der Waals surface area contributed by atoms with E-state index in [1.807, 2.05) is 65.0 Å². The first kappa shape index (κ1) is 22.7. The second kappa shape index (κ2) is 9.53. The fourth-order valence-electron chi connectivity index (χ4n) is 3.28. The maximum atomic E-state index is 13.1. The van der Waals surface area contributed by atoms with Crippen LogP contribution >= 0.6 is 0 Å². The summed E-state index contributed by atoms with van der Waals surface area (Å²) in [6.45, 7) is 11.0. The summed E-state index contributed by atoms with van der Waals surface area (Å²) in [4.78, 5) is 38.9. The van der Waals surface area contributed by atoms with Gasteiger partial charge in [-0.05, 0) is 38.7 Å². The van der Waals surface area contributed by atoms with Crippen LogP contribution in [0.15, 0.2) is 30.3 Å². The lowest BCUT2D eigenvalue weighted by molar-refractivity contribution is -0.145. The monoisotopic (exact) mass is 375 g/mol. The molecule has 6 nitrogen and oxygen atoms in total. The molecule has 0 heterocycles. The molecule has 3 amide bonds. The lowest BCUT2D eigenvalue weighted by atomic mass is 9.96. The molecule has 27 heavy (non-hydrogen) atoms. The number of rotatable bonds is 8. The average Bonchev–Trinajstić information content (AvgIpc) is 2.52. The number of benzene rings is 1. The minimum absolute atomic E-state index is 0.196. The number of carbonyl (C=O) groups excluding carboxylic acids is 3. The molecule has 0 radical (unpaired) electrons. The largest absolute Gasteiger partial charge is 0.368 e. The van der Waals surface area contributed by atoms with Crippen LogP contribution in [0.5, 0.6) is 0 Å². The molecule has 0 aliphatic heterocycles. The van der Waals surface area contributed by atoms with Gasteiger partial charge in [-0.1, -0.05) is 44.2 Å². The molecule has 150 valence electrons. The Balaban J connectivity index is 3.20. The van der Waals surface area contributed by atoms with E-state index in [1.54, 1.807) is 4.90 Å². The van der Waals surface area contributed by atoms with Gasteiger partial charge in [-0.15, -0.1) is 0 Å². The summed E-state index contributed by atoms with van der Waals surface area (Å²) in [6.07, 6.45) is 0.811. The van der Waals surface area contributed by atoms with Crippen LogP contribution in [0.4, 0.5) is 0 Å². The first-order valence-corrected chi connectivity index (χ1v) is 9.37. The highest BCUT2D eigenvalue weighted by Crippen LogP contribution is 2.21. The van der Waals surface area contributed by atoms with Gasteiger partial charge in [-0.3, -0.25) is 14.4 Å². The quantitative estimate of drug-likeness (QED) is 0.730. The zero-order chi connectivity index (χ0) is 20.8. The first-order valence-electron chi connectivity index (χ1n) is 9.37. The van der Waals surface area contributed by atoms with Gasteiger partial charge in [-0.25, -0.2) is 0 Å². The van der Waals surface area contributed by atoms with Gasteiger partial charge in [0.15, 0.2) is 0 Å². The highest BCUT2D eigenvalue weighted by molar-refractivity contribution is 5.91. The Morgan fingerprint density at radius 1 is 1.11 bits per heavy atom.